The number of nitrogens with one attached hydrogen (secondary N) is 1. The van der Waals surface area contributed by atoms with Gasteiger partial charge in [-0.05, 0) is 41.5 Å². The number of carbonyl (C=O) groups excluding carboxylic acids is 1. The summed E-state index contributed by atoms with van der Waals surface area (Å²) >= 11 is 0. The highest BCUT2D eigenvalue weighted by atomic mass is 19.4. The van der Waals surface area contributed by atoms with Crippen LogP contribution in [0.3, 0.4) is 0 Å². The molecule has 0 radical (unpaired) electrons. The maximum Gasteiger partial charge on any atom is 0.416 e. The topological polar surface area (TPSA) is 52.9 Å². The predicted molar refractivity (Wildman–Crippen MR) is 88.6 cm³/mol. The van der Waals surface area contributed by atoms with Gasteiger partial charge in [-0.15, -0.1) is 0 Å². The molecule has 0 spiro atoms. The van der Waals surface area contributed by atoms with Crippen molar-refractivity contribution in [2.24, 2.45) is 0 Å². The zero-order valence-electron chi connectivity index (χ0n) is 14.0. The van der Waals surface area contributed by atoms with Gasteiger partial charge in [-0.25, -0.2) is 0 Å². The number of nitrogens with zero attached hydrogens (tertiary/aromatic N) is 1. The normalized spacial score (nSPS) is 13.2. The Hall–Kier alpha value is -3.28. The molecular formula is C19H12F6N2O. The van der Waals surface area contributed by atoms with E-state index < -0.39 is 35.4 Å². The lowest BCUT2D eigenvalue weighted by Crippen LogP contribution is -2.37. The molecule has 146 valence electrons. The second kappa shape index (κ2) is 8.17. The Morgan fingerprint density at radius 1 is 1.04 bits per heavy atom. The monoisotopic (exact) mass is 398 g/mol. The van der Waals surface area contributed by atoms with Crippen LogP contribution < -0.4 is 5.32 Å². The zero-order chi connectivity index (χ0) is 20.9. The van der Waals surface area contributed by atoms with Crippen LogP contribution in [0.2, 0.25) is 0 Å². The Morgan fingerprint density at radius 3 is 2.21 bits per heavy atom. The van der Waals surface area contributed by atoms with Crippen molar-refractivity contribution in [1.29, 1.82) is 5.26 Å². The average Bonchev–Trinajstić information content (AvgIpc) is 2.63. The lowest BCUT2D eigenvalue weighted by molar-refractivity contribution is -0.162. The Bertz CT molecular complexity index is 908. The van der Waals surface area contributed by atoms with Gasteiger partial charge >= 0.3 is 12.4 Å². The van der Waals surface area contributed by atoms with Crippen molar-refractivity contribution in [3.63, 3.8) is 0 Å². The fourth-order valence-corrected chi connectivity index (χ4v) is 2.28. The summed E-state index contributed by atoms with van der Waals surface area (Å²) in [5.74, 6) is -1.14. The Kier molecular flexibility index (Phi) is 6.13. The van der Waals surface area contributed by atoms with E-state index in [1.54, 1.807) is 5.32 Å². The van der Waals surface area contributed by atoms with Crippen LogP contribution in [0.1, 0.15) is 28.3 Å². The zero-order valence-corrected chi connectivity index (χ0v) is 14.0. The fourth-order valence-electron chi connectivity index (χ4n) is 2.28. The number of benzene rings is 2. The van der Waals surface area contributed by atoms with Gasteiger partial charge in [0.05, 0.1) is 17.2 Å². The third-order valence-corrected chi connectivity index (χ3v) is 3.63. The molecule has 0 saturated carbocycles. The highest BCUT2D eigenvalue weighted by Gasteiger charge is 2.42. The summed E-state index contributed by atoms with van der Waals surface area (Å²) in [4.78, 5) is 11.9. The number of nitriles is 1. The van der Waals surface area contributed by atoms with E-state index in [0.29, 0.717) is 23.3 Å². The van der Waals surface area contributed by atoms with E-state index in [0.717, 1.165) is 18.2 Å². The summed E-state index contributed by atoms with van der Waals surface area (Å²) in [6, 6.07) is 7.86. The largest absolute Gasteiger partial charge is 0.416 e. The molecule has 1 N–H and O–H groups in total. The SMILES string of the molecule is N#Cc1ccc(/C=C/C(=O)NC(c2cccc(C(F)(F)F)c2)C(F)(F)F)cc1. The van der Waals surface area contributed by atoms with Crippen molar-refractivity contribution in [1.82, 2.24) is 5.32 Å². The number of alkyl halides is 6. The number of carbonyl (C=O) groups is 1. The van der Waals surface area contributed by atoms with Crippen LogP contribution in [0.25, 0.3) is 6.08 Å². The highest BCUT2D eigenvalue weighted by molar-refractivity contribution is 5.92. The molecule has 1 amide bonds. The maximum absolute atomic E-state index is 13.3. The number of hydrogen-bond donors (Lipinski definition) is 1. The van der Waals surface area contributed by atoms with Gasteiger partial charge in [0.1, 0.15) is 0 Å². The smallest absolute Gasteiger partial charge is 0.337 e. The number of halogens is 6. The number of amides is 1. The molecule has 0 aliphatic carbocycles. The second-order valence-corrected chi connectivity index (χ2v) is 5.67. The predicted octanol–water partition coefficient (Wildman–Crippen LogP) is 5.01. The molecule has 2 aromatic carbocycles. The molecule has 0 aliphatic heterocycles. The third-order valence-electron chi connectivity index (χ3n) is 3.63. The third kappa shape index (κ3) is 5.61. The van der Waals surface area contributed by atoms with Crippen LogP contribution in [0.5, 0.6) is 0 Å². The minimum absolute atomic E-state index is 0.350. The van der Waals surface area contributed by atoms with Crippen molar-refractivity contribution >= 4 is 12.0 Å². The van der Waals surface area contributed by atoms with Crippen LogP contribution in [-0.2, 0) is 11.0 Å². The first-order valence-corrected chi connectivity index (χ1v) is 7.73. The van der Waals surface area contributed by atoms with Gasteiger partial charge in [-0.3, -0.25) is 4.79 Å². The molecule has 0 aliphatic rings. The molecule has 0 saturated heterocycles. The molecule has 1 atom stereocenters. The first-order valence-electron chi connectivity index (χ1n) is 7.73. The molecule has 3 nitrogen and oxygen atoms in total. The van der Waals surface area contributed by atoms with Gasteiger partial charge < -0.3 is 5.32 Å². The molecule has 2 rings (SSSR count). The summed E-state index contributed by atoms with van der Waals surface area (Å²) in [7, 11) is 0. The van der Waals surface area contributed by atoms with Gasteiger partial charge in [0.25, 0.3) is 0 Å². The van der Waals surface area contributed by atoms with E-state index in [2.05, 4.69) is 0 Å². The van der Waals surface area contributed by atoms with Crippen molar-refractivity contribution in [3.8, 4) is 6.07 Å². The molecule has 0 heterocycles. The fraction of sp³-hybridized carbons (Fsp3) is 0.158. The molecular weight excluding hydrogens is 386 g/mol. The summed E-state index contributed by atoms with van der Waals surface area (Å²) in [6.45, 7) is 0. The van der Waals surface area contributed by atoms with Gasteiger partial charge in [-0.1, -0.05) is 24.3 Å². The van der Waals surface area contributed by atoms with E-state index in [1.165, 1.54) is 30.3 Å². The van der Waals surface area contributed by atoms with Crippen molar-refractivity contribution < 1.29 is 31.1 Å². The molecule has 2 aromatic rings. The van der Waals surface area contributed by atoms with Crippen LogP contribution in [0.15, 0.2) is 54.6 Å². The van der Waals surface area contributed by atoms with E-state index in [-0.39, 0.29) is 0 Å². The highest BCUT2D eigenvalue weighted by Crippen LogP contribution is 2.36. The summed E-state index contributed by atoms with van der Waals surface area (Å²) in [6.07, 6.45) is -7.77. The lowest BCUT2D eigenvalue weighted by Gasteiger charge is -2.22. The van der Waals surface area contributed by atoms with Crippen LogP contribution in [0.4, 0.5) is 26.3 Å². The quantitative estimate of drug-likeness (QED) is 0.582. The molecule has 1 unspecified atom stereocenters. The van der Waals surface area contributed by atoms with E-state index in [1.807, 2.05) is 6.07 Å². The molecule has 0 fully saturated rings. The Morgan fingerprint density at radius 2 is 1.68 bits per heavy atom. The first-order chi connectivity index (χ1) is 13.0. The maximum atomic E-state index is 13.3. The van der Waals surface area contributed by atoms with E-state index in [4.69, 9.17) is 5.26 Å². The van der Waals surface area contributed by atoms with Crippen molar-refractivity contribution in [2.75, 3.05) is 0 Å². The minimum atomic E-state index is -5.00. The standard InChI is InChI=1S/C19H12F6N2O/c20-18(21,22)15-3-1-2-14(10-15)17(19(23,24)25)27-16(28)9-8-12-4-6-13(11-26)7-5-12/h1-10,17H,(H,27,28)/b9-8+. The average molecular weight is 398 g/mol. The molecule has 9 heteroatoms. The number of hydrogen-bond acceptors (Lipinski definition) is 2. The Labute approximate surface area is 155 Å². The lowest BCUT2D eigenvalue weighted by atomic mass is 10.0. The molecule has 28 heavy (non-hydrogen) atoms. The summed E-state index contributed by atoms with van der Waals surface area (Å²) in [5.41, 5.74) is -1.16. The van der Waals surface area contributed by atoms with Gasteiger partial charge in [0.2, 0.25) is 5.91 Å². The van der Waals surface area contributed by atoms with Crippen LogP contribution >= 0.6 is 0 Å². The first kappa shape index (κ1) is 21.0. The summed E-state index contributed by atoms with van der Waals surface area (Å²) < 4.78 is 78.1. The number of rotatable bonds is 4. The van der Waals surface area contributed by atoms with Gasteiger partial charge in [-0.2, -0.15) is 31.6 Å². The van der Waals surface area contributed by atoms with Crippen molar-refractivity contribution in [3.05, 3.63) is 76.9 Å². The minimum Gasteiger partial charge on any atom is -0.337 e. The van der Waals surface area contributed by atoms with E-state index >= 15 is 0 Å². The van der Waals surface area contributed by atoms with Gasteiger partial charge in [0, 0.05) is 6.08 Å². The molecule has 0 bridgehead atoms. The van der Waals surface area contributed by atoms with E-state index in [9.17, 15) is 31.1 Å². The van der Waals surface area contributed by atoms with Crippen LogP contribution in [-0.4, -0.2) is 12.1 Å². The second-order valence-electron chi connectivity index (χ2n) is 5.67. The summed E-state index contributed by atoms with van der Waals surface area (Å²) in [5, 5.41) is 10.4. The van der Waals surface area contributed by atoms with Crippen molar-refractivity contribution in [2.45, 2.75) is 18.4 Å². The van der Waals surface area contributed by atoms with Crippen LogP contribution in [0, 0.1) is 11.3 Å². The molecule has 0 aromatic heterocycles. The van der Waals surface area contributed by atoms with Gasteiger partial charge in [0.15, 0.2) is 6.04 Å². The Balaban J connectivity index is 2.22.